The number of rotatable bonds is 17. The van der Waals surface area contributed by atoms with E-state index >= 15 is 0 Å². The number of aryl methyl sites for hydroxylation is 1. The fourth-order valence-electron chi connectivity index (χ4n) is 4.76. The molecule has 0 spiro atoms. The first-order valence-corrected chi connectivity index (χ1v) is 17.5. The molecule has 1 aliphatic rings. The Labute approximate surface area is 288 Å². The third-order valence-corrected chi connectivity index (χ3v) is 8.59. The van der Waals surface area contributed by atoms with Crippen molar-refractivity contribution in [2.45, 2.75) is 57.9 Å². The summed E-state index contributed by atoms with van der Waals surface area (Å²) in [4.78, 5) is 46.1. The molecule has 0 unspecified atom stereocenters. The van der Waals surface area contributed by atoms with Crippen LogP contribution in [0.5, 0.6) is 0 Å². The number of fused-ring (bicyclic) bond motifs is 1. The van der Waals surface area contributed by atoms with E-state index in [9.17, 15) is 40.3 Å². The zero-order chi connectivity index (χ0) is 32.6. The Kier molecular flexibility index (Phi) is 13.7. The van der Waals surface area contributed by atoms with Gasteiger partial charge in [-0.2, -0.15) is 0 Å². The van der Waals surface area contributed by atoms with Gasteiger partial charge in [0, 0.05) is 79.7 Å². The summed E-state index contributed by atoms with van der Waals surface area (Å²) in [6.45, 7) is 0.985. The minimum atomic E-state index is -4.42. The molecule has 1 fully saturated rings. The molecule has 46 heavy (non-hydrogen) atoms. The molecular weight excluding hydrogens is 655 g/mol. The molecule has 0 N–H and O–H groups in total. The maximum absolute atomic E-state index is 11.9. The van der Waals surface area contributed by atoms with E-state index in [1.165, 1.54) is 0 Å². The van der Waals surface area contributed by atoms with Crippen molar-refractivity contribution in [1.82, 2.24) is 10.0 Å². The number of hydroxylamine groups is 2. The number of unbranched alkanes of at least 4 members (excludes halogenated alkanes) is 2. The van der Waals surface area contributed by atoms with Crippen molar-refractivity contribution in [3.63, 3.8) is 0 Å². The first-order chi connectivity index (χ1) is 21.3. The molecule has 15 nitrogen and oxygen atoms in total. The smallest absolute Gasteiger partial charge is 0.748 e. The van der Waals surface area contributed by atoms with Crippen LogP contribution < -0.4 is 39.0 Å². The first-order valence-electron chi connectivity index (χ1n) is 14.4. The van der Waals surface area contributed by atoms with Crippen LogP contribution in [-0.4, -0.2) is 78.4 Å². The van der Waals surface area contributed by atoms with Gasteiger partial charge < -0.3 is 23.3 Å². The molecule has 244 valence electrons. The summed E-state index contributed by atoms with van der Waals surface area (Å²) in [5.74, 6) is -2.41. The molecule has 3 aromatic rings. The number of carbonyl (C=O) groups excluding carboxylic acids is 3. The Morgan fingerprint density at radius 3 is 2.11 bits per heavy atom. The summed E-state index contributed by atoms with van der Waals surface area (Å²) in [5, 5.41) is 0.550. The summed E-state index contributed by atoms with van der Waals surface area (Å²) < 4.78 is 74.2. The van der Waals surface area contributed by atoms with Crippen molar-refractivity contribution in [2.75, 3.05) is 29.5 Å². The van der Waals surface area contributed by atoms with E-state index in [4.69, 9.17) is 9.25 Å². The number of pyridine rings is 1. The molecule has 0 radical (unpaired) electrons. The molecule has 18 heteroatoms. The molecule has 0 atom stereocenters. The van der Waals surface area contributed by atoms with Crippen LogP contribution >= 0.6 is 0 Å². The van der Waals surface area contributed by atoms with E-state index in [0.29, 0.717) is 40.7 Å². The average molecular weight is 689 g/mol. The van der Waals surface area contributed by atoms with Crippen molar-refractivity contribution in [2.24, 2.45) is 0 Å². The zero-order valence-corrected chi connectivity index (χ0v) is 29.0. The van der Waals surface area contributed by atoms with Crippen molar-refractivity contribution >= 4 is 54.8 Å². The van der Waals surface area contributed by atoms with Gasteiger partial charge in [-0.3, -0.25) is 9.59 Å². The van der Waals surface area contributed by atoms with Gasteiger partial charge in [0.05, 0.1) is 20.2 Å². The largest absolute Gasteiger partial charge is 1.00 e. The van der Waals surface area contributed by atoms with E-state index in [-0.39, 0.29) is 74.8 Å². The number of carbonyl (C=O) groups is 3. The van der Waals surface area contributed by atoms with Crippen molar-refractivity contribution in [1.29, 1.82) is 0 Å². The van der Waals surface area contributed by atoms with E-state index in [2.05, 4.69) is 4.98 Å². The molecule has 2 aromatic heterocycles. The molecular formula is C28H33N4NaO11S2. The van der Waals surface area contributed by atoms with Gasteiger partial charge >= 0.3 is 35.5 Å². The Hall–Kier alpha value is -2.93. The number of imide groups is 1. The molecule has 3 heterocycles. The molecule has 1 aliphatic heterocycles. The van der Waals surface area contributed by atoms with Crippen LogP contribution in [0.4, 0.5) is 5.69 Å². The van der Waals surface area contributed by atoms with Crippen LogP contribution in [-0.2, 0) is 46.0 Å². The summed E-state index contributed by atoms with van der Waals surface area (Å²) in [6, 6.07) is 8.79. The quantitative estimate of drug-likeness (QED) is 0.0528. The zero-order valence-electron chi connectivity index (χ0n) is 25.3. The maximum Gasteiger partial charge on any atom is 1.00 e. The summed E-state index contributed by atoms with van der Waals surface area (Å²) in [6.07, 6.45) is 6.04. The topological polar surface area (TPSA) is 211 Å². The number of aromatic nitrogens is 2. The van der Waals surface area contributed by atoms with Crippen LogP contribution in [0.1, 0.15) is 51.4 Å². The second-order valence-corrected chi connectivity index (χ2v) is 13.6. The van der Waals surface area contributed by atoms with E-state index in [1.807, 2.05) is 29.1 Å². The third kappa shape index (κ3) is 11.7. The molecule has 4 rings (SSSR count). The van der Waals surface area contributed by atoms with Crippen molar-refractivity contribution in [3.05, 3.63) is 42.7 Å². The molecule has 1 aromatic carbocycles. The number of amides is 2. The first kappa shape index (κ1) is 37.5. The van der Waals surface area contributed by atoms with Crippen LogP contribution in [0, 0.1) is 0 Å². The second-order valence-electron chi connectivity index (χ2n) is 10.6. The van der Waals surface area contributed by atoms with Crippen LogP contribution in [0.2, 0.25) is 0 Å². The summed E-state index contributed by atoms with van der Waals surface area (Å²) in [5.41, 5.74) is 2.31. The molecule has 0 aliphatic carbocycles. The number of oxazole rings is 1. The predicted octanol–water partition coefficient (Wildman–Crippen LogP) is -1.37. The van der Waals surface area contributed by atoms with Crippen LogP contribution in [0.15, 0.2) is 47.1 Å². The van der Waals surface area contributed by atoms with Gasteiger partial charge in [-0.25, -0.2) is 31.2 Å². The minimum Gasteiger partial charge on any atom is -0.748 e. The Morgan fingerprint density at radius 1 is 0.913 bits per heavy atom. The summed E-state index contributed by atoms with van der Waals surface area (Å²) in [7, 11) is -8.84. The Morgan fingerprint density at radius 2 is 1.52 bits per heavy atom. The molecule has 0 bridgehead atoms. The van der Waals surface area contributed by atoms with Crippen molar-refractivity contribution in [3.8, 4) is 11.5 Å². The van der Waals surface area contributed by atoms with Gasteiger partial charge in [0.25, 0.3) is 11.8 Å². The number of hydrogen-bond donors (Lipinski definition) is 0. The molecule has 1 saturated heterocycles. The van der Waals surface area contributed by atoms with Crippen molar-refractivity contribution < 1.29 is 83.7 Å². The Balaban J connectivity index is 0.00000576. The maximum atomic E-state index is 11.9. The van der Waals surface area contributed by atoms with E-state index in [1.54, 1.807) is 23.1 Å². The molecule has 0 saturated carbocycles. The van der Waals surface area contributed by atoms with Gasteiger partial charge in [-0.15, -0.1) is 5.06 Å². The number of hydrogen-bond acceptors (Lipinski definition) is 13. The Bertz CT molecular complexity index is 1690. The predicted molar refractivity (Wildman–Crippen MR) is 156 cm³/mol. The van der Waals surface area contributed by atoms with Crippen LogP contribution in [0.3, 0.4) is 0 Å². The molecule has 2 amide bonds. The second kappa shape index (κ2) is 16.8. The SMILES string of the molecule is O=C(CCCCC[n+]1ccc(-c2nc3ccc(N(CCCS(=O)(=O)[O-])CCCS(=O)(=O)[O-])cc3o2)cc1)ON1C(=O)CCC1=O.[Na+]. The van der Waals surface area contributed by atoms with Gasteiger partial charge in [-0.05, 0) is 37.8 Å². The van der Waals surface area contributed by atoms with Gasteiger partial charge in [0.1, 0.15) is 12.1 Å². The number of benzene rings is 1. The van der Waals surface area contributed by atoms with Gasteiger partial charge in [0.2, 0.25) is 5.89 Å². The van der Waals surface area contributed by atoms with E-state index in [0.717, 1.165) is 18.4 Å². The third-order valence-electron chi connectivity index (χ3n) is 7.02. The fourth-order valence-corrected chi connectivity index (χ4v) is 5.73. The standard InChI is InChI=1S/C28H34N4O11S2.Na/c33-25-9-10-26(34)32(25)43-27(35)6-2-1-3-13-30-16-11-21(12-17-30)28-29-23-8-7-22(20-24(23)42-28)31(14-4-18-44(36,37)38)15-5-19-45(39,40)41;/h7-8,11-12,16-17,20H,1-6,9-10,13-15,18-19H2,(H-,36,37,38,39,40,41);/q;+1/p-1. The normalized spacial score (nSPS) is 13.7. The van der Waals surface area contributed by atoms with E-state index < -0.39 is 49.5 Å². The fraction of sp³-hybridized carbons (Fsp3) is 0.464. The van der Waals surface area contributed by atoms with Gasteiger partial charge in [-0.1, -0.05) is 0 Å². The van der Waals surface area contributed by atoms with Gasteiger partial charge in [0.15, 0.2) is 18.0 Å². The van der Waals surface area contributed by atoms with Crippen LogP contribution in [0.25, 0.3) is 22.6 Å². The monoisotopic (exact) mass is 688 g/mol. The number of anilines is 1. The average Bonchev–Trinajstić information content (AvgIpc) is 3.53. The summed E-state index contributed by atoms with van der Waals surface area (Å²) >= 11 is 0. The number of nitrogens with zero attached hydrogens (tertiary/aromatic N) is 4. The minimum absolute atomic E-state index is 0.